The Labute approximate surface area is 176 Å². The second kappa shape index (κ2) is 8.48. The number of nitrogens with zero attached hydrogens (tertiary/aromatic N) is 3. The van der Waals surface area contributed by atoms with Crippen LogP contribution in [0.3, 0.4) is 0 Å². The number of H-pyrrole nitrogens is 1. The van der Waals surface area contributed by atoms with E-state index >= 15 is 0 Å². The normalized spacial score (nSPS) is 19.3. The minimum absolute atomic E-state index is 0.148. The van der Waals surface area contributed by atoms with Gasteiger partial charge in [0.25, 0.3) is 5.91 Å². The lowest BCUT2D eigenvalue weighted by Gasteiger charge is -2.41. The number of amides is 1. The highest BCUT2D eigenvalue weighted by atomic mass is 16.5. The van der Waals surface area contributed by atoms with E-state index in [0.717, 1.165) is 74.1 Å². The molecule has 1 N–H and O–H groups in total. The molecule has 1 amide bonds. The molecule has 3 aromatic rings. The maximum atomic E-state index is 13.0. The van der Waals surface area contributed by atoms with E-state index in [-0.39, 0.29) is 12.0 Å². The number of benzene rings is 1. The van der Waals surface area contributed by atoms with E-state index < -0.39 is 0 Å². The summed E-state index contributed by atoms with van der Waals surface area (Å²) in [6, 6.07) is 12.4. The molecule has 30 heavy (non-hydrogen) atoms. The van der Waals surface area contributed by atoms with E-state index in [0.29, 0.717) is 6.04 Å². The Bertz CT molecular complexity index is 987. The van der Waals surface area contributed by atoms with E-state index in [9.17, 15) is 4.79 Å². The lowest BCUT2D eigenvalue weighted by atomic mass is 9.98. The average Bonchev–Trinajstić information content (AvgIpc) is 3.24. The van der Waals surface area contributed by atoms with Crippen LogP contribution in [0, 0.1) is 0 Å². The molecule has 0 spiro atoms. The monoisotopic (exact) mass is 404 g/mol. The number of nitrogens with one attached hydrogen (secondary N) is 1. The number of rotatable bonds is 4. The molecular formula is C24H28N4O2. The highest BCUT2D eigenvalue weighted by Gasteiger charge is 2.31. The molecule has 2 fully saturated rings. The zero-order valence-corrected chi connectivity index (χ0v) is 17.2. The molecular weight excluding hydrogens is 376 g/mol. The van der Waals surface area contributed by atoms with Crippen molar-refractivity contribution in [3.8, 4) is 5.75 Å². The Morgan fingerprint density at radius 1 is 0.967 bits per heavy atom. The zero-order chi connectivity index (χ0) is 20.3. The summed E-state index contributed by atoms with van der Waals surface area (Å²) in [7, 11) is 0. The molecule has 0 aliphatic carbocycles. The summed E-state index contributed by atoms with van der Waals surface area (Å²) >= 11 is 0. The number of piperidine rings is 2. The molecule has 5 rings (SSSR count). The second-order valence-corrected chi connectivity index (χ2v) is 8.31. The van der Waals surface area contributed by atoms with Crippen molar-refractivity contribution in [3.05, 3.63) is 60.6 Å². The fraction of sp³-hybridized carbons (Fsp3) is 0.417. The standard InChI is InChI=1S/C24H28N4O2/c29-24(22-17-26-23-4-2-1-3-21(22)23)28-13-7-18(8-14-28)27-15-9-20(10-16-27)30-19-5-11-25-12-6-19/h1-6,11-12,17-18,20,26H,7-10,13-16H2. The Morgan fingerprint density at radius 3 is 2.47 bits per heavy atom. The van der Waals surface area contributed by atoms with Crippen LogP contribution in [0.15, 0.2) is 55.0 Å². The smallest absolute Gasteiger partial charge is 0.256 e. The number of carbonyl (C=O) groups excluding carboxylic acids is 1. The molecule has 0 bridgehead atoms. The Balaban J connectivity index is 1.13. The molecule has 2 saturated heterocycles. The molecule has 6 heteroatoms. The summed E-state index contributed by atoms with van der Waals surface area (Å²) in [6.45, 7) is 3.79. The summed E-state index contributed by atoms with van der Waals surface area (Å²) in [4.78, 5) is 24.9. The first-order chi connectivity index (χ1) is 14.8. The van der Waals surface area contributed by atoms with Crippen molar-refractivity contribution in [2.45, 2.75) is 37.8 Å². The van der Waals surface area contributed by atoms with Gasteiger partial charge in [-0.25, -0.2) is 0 Å². The van der Waals surface area contributed by atoms with Gasteiger partial charge in [0, 0.05) is 61.7 Å². The van der Waals surface area contributed by atoms with Crippen LogP contribution >= 0.6 is 0 Å². The van der Waals surface area contributed by atoms with Gasteiger partial charge in [0.1, 0.15) is 11.9 Å². The van der Waals surface area contributed by atoms with Gasteiger partial charge in [-0.15, -0.1) is 0 Å². The van der Waals surface area contributed by atoms with Crippen LogP contribution < -0.4 is 4.74 Å². The van der Waals surface area contributed by atoms with Crippen molar-refractivity contribution < 1.29 is 9.53 Å². The third-order valence-corrected chi connectivity index (χ3v) is 6.52. The first-order valence-electron chi connectivity index (χ1n) is 10.9. The van der Waals surface area contributed by atoms with E-state index in [2.05, 4.69) is 14.9 Å². The highest BCUT2D eigenvalue weighted by Crippen LogP contribution is 2.26. The molecule has 2 aromatic heterocycles. The molecule has 0 radical (unpaired) electrons. The highest BCUT2D eigenvalue weighted by molar-refractivity contribution is 6.06. The second-order valence-electron chi connectivity index (χ2n) is 8.31. The van der Waals surface area contributed by atoms with Crippen LogP contribution in [0.4, 0.5) is 0 Å². The number of aromatic amines is 1. The predicted octanol–water partition coefficient (Wildman–Crippen LogP) is 3.71. The van der Waals surface area contributed by atoms with Gasteiger partial charge in [-0.1, -0.05) is 18.2 Å². The summed E-state index contributed by atoms with van der Waals surface area (Å²) < 4.78 is 6.09. The molecule has 0 unspecified atom stereocenters. The number of aromatic nitrogens is 2. The number of pyridine rings is 1. The molecule has 2 aliphatic rings. The van der Waals surface area contributed by atoms with Gasteiger partial charge >= 0.3 is 0 Å². The SMILES string of the molecule is O=C(c1c[nH]c2ccccc12)N1CCC(N2CCC(Oc3ccncc3)CC2)CC1. The Morgan fingerprint density at radius 2 is 1.70 bits per heavy atom. The van der Waals surface area contributed by atoms with Gasteiger partial charge < -0.3 is 14.6 Å². The van der Waals surface area contributed by atoms with E-state index in [1.807, 2.05) is 47.5 Å². The molecule has 156 valence electrons. The fourth-order valence-corrected chi connectivity index (χ4v) is 4.82. The number of fused-ring (bicyclic) bond motifs is 1. The van der Waals surface area contributed by atoms with Crippen LogP contribution in [-0.2, 0) is 0 Å². The van der Waals surface area contributed by atoms with Gasteiger partial charge in [0.05, 0.1) is 5.56 Å². The van der Waals surface area contributed by atoms with Crippen LogP contribution in [0.2, 0.25) is 0 Å². The van der Waals surface area contributed by atoms with Gasteiger partial charge in [-0.3, -0.25) is 14.7 Å². The van der Waals surface area contributed by atoms with Crippen LogP contribution in [0.1, 0.15) is 36.0 Å². The Hall–Kier alpha value is -2.86. The lowest BCUT2D eigenvalue weighted by Crippen LogP contribution is -2.50. The zero-order valence-electron chi connectivity index (χ0n) is 17.2. The first kappa shape index (κ1) is 19.1. The minimum Gasteiger partial charge on any atom is -0.490 e. The molecule has 1 aromatic carbocycles. The van der Waals surface area contributed by atoms with Crippen molar-refractivity contribution in [2.75, 3.05) is 26.2 Å². The van der Waals surface area contributed by atoms with Crippen molar-refractivity contribution in [1.82, 2.24) is 19.8 Å². The van der Waals surface area contributed by atoms with Crippen LogP contribution in [-0.4, -0.2) is 64.0 Å². The summed E-state index contributed by atoms with van der Waals surface area (Å²) in [6.07, 6.45) is 9.88. The van der Waals surface area contributed by atoms with E-state index in [4.69, 9.17) is 4.74 Å². The van der Waals surface area contributed by atoms with Crippen LogP contribution in [0.25, 0.3) is 10.9 Å². The number of para-hydroxylation sites is 1. The number of hydrogen-bond acceptors (Lipinski definition) is 4. The van der Waals surface area contributed by atoms with Crippen molar-refractivity contribution in [3.63, 3.8) is 0 Å². The van der Waals surface area contributed by atoms with Crippen molar-refractivity contribution in [2.24, 2.45) is 0 Å². The van der Waals surface area contributed by atoms with Gasteiger partial charge in [0.2, 0.25) is 0 Å². The van der Waals surface area contributed by atoms with Gasteiger partial charge in [0.15, 0.2) is 0 Å². The molecule has 0 saturated carbocycles. The summed E-state index contributed by atoms with van der Waals surface area (Å²) in [5, 5.41) is 1.01. The predicted molar refractivity (Wildman–Crippen MR) is 117 cm³/mol. The molecule has 6 nitrogen and oxygen atoms in total. The topological polar surface area (TPSA) is 61.5 Å². The number of ether oxygens (including phenoxy) is 1. The first-order valence-corrected chi connectivity index (χ1v) is 10.9. The summed E-state index contributed by atoms with van der Waals surface area (Å²) in [5.74, 6) is 1.06. The maximum Gasteiger partial charge on any atom is 0.256 e. The van der Waals surface area contributed by atoms with Crippen molar-refractivity contribution in [1.29, 1.82) is 0 Å². The third-order valence-electron chi connectivity index (χ3n) is 6.52. The molecule has 4 heterocycles. The quantitative estimate of drug-likeness (QED) is 0.720. The molecule has 0 atom stereocenters. The molecule has 2 aliphatic heterocycles. The maximum absolute atomic E-state index is 13.0. The summed E-state index contributed by atoms with van der Waals surface area (Å²) in [5.41, 5.74) is 1.81. The fourth-order valence-electron chi connectivity index (χ4n) is 4.82. The van der Waals surface area contributed by atoms with E-state index in [1.165, 1.54) is 0 Å². The van der Waals surface area contributed by atoms with Crippen molar-refractivity contribution >= 4 is 16.8 Å². The van der Waals surface area contributed by atoms with Crippen LogP contribution in [0.5, 0.6) is 5.75 Å². The largest absolute Gasteiger partial charge is 0.490 e. The average molecular weight is 405 g/mol. The van der Waals surface area contributed by atoms with Gasteiger partial charge in [-0.2, -0.15) is 0 Å². The minimum atomic E-state index is 0.148. The lowest BCUT2D eigenvalue weighted by molar-refractivity contribution is 0.0426. The van der Waals surface area contributed by atoms with E-state index in [1.54, 1.807) is 12.4 Å². The number of carbonyl (C=O) groups is 1. The number of hydrogen-bond donors (Lipinski definition) is 1. The third kappa shape index (κ3) is 3.92. The van der Waals surface area contributed by atoms with Gasteiger partial charge in [-0.05, 0) is 43.9 Å². The Kier molecular flexibility index (Phi) is 5.41. The number of likely N-dealkylation sites (tertiary alicyclic amines) is 2.